The summed E-state index contributed by atoms with van der Waals surface area (Å²) in [6, 6.07) is 5.07. The number of halogens is 2. The molecule has 1 aliphatic rings. The van der Waals surface area contributed by atoms with Crippen molar-refractivity contribution in [3.8, 4) is 0 Å². The molecule has 1 aromatic rings. The van der Waals surface area contributed by atoms with Gasteiger partial charge in [-0.1, -0.05) is 42.3 Å². The molecule has 100 valence electrons. The minimum atomic E-state index is -0.758. The van der Waals surface area contributed by atoms with Gasteiger partial charge in [-0.2, -0.15) is 0 Å². The number of rotatable bonds is 2. The van der Waals surface area contributed by atoms with Crippen molar-refractivity contribution < 1.29 is 9.50 Å². The van der Waals surface area contributed by atoms with Gasteiger partial charge < -0.3 is 5.11 Å². The summed E-state index contributed by atoms with van der Waals surface area (Å²) in [5, 5.41) is 10.8. The van der Waals surface area contributed by atoms with Crippen molar-refractivity contribution in [1.29, 1.82) is 0 Å². The number of hydrogen-bond donors (Lipinski definition) is 1. The maximum absolute atomic E-state index is 13.9. The van der Waals surface area contributed by atoms with Gasteiger partial charge in [-0.25, -0.2) is 4.39 Å². The number of aliphatic hydroxyl groups is 1. The highest BCUT2D eigenvalue weighted by Gasteiger charge is 2.39. The van der Waals surface area contributed by atoms with E-state index < -0.39 is 5.60 Å². The van der Waals surface area contributed by atoms with Gasteiger partial charge in [0.2, 0.25) is 0 Å². The van der Waals surface area contributed by atoms with E-state index >= 15 is 0 Å². The molecule has 0 amide bonds. The van der Waals surface area contributed by atoms with Crippen molar-refractivity contribution in [1.82, 2.24) is 0 Å². The Labute approximate surface area is 117 Å². The molecule has 1 aliphatic carbocycles. The highest BCUT2D eigenvalue weighted by molar-refractivity contribution is 9.10. The third kappa shape index (κ3) is 2.94. The van der Waals surface area contributed by atoms with Crippen LogP contribution in [0.25, 0.3) is 0 Å². The van der Waals surface area contributed by atoms with Crippen LogP contribution in [0, 0.1) is 17.7 Å². The fraction of sp³-hybridized carbons (Fsp3) is 0.600. The van der Waals surface area contributed by atoms with Gasteiger partial charge >= 0.3 is 0 Å². The average molecular weight is 315 g/mol. The van der Waals surface area contributed by atoms with Crippen molar-refractivity contribution in [3.05, 3.63) is 34.1 Å². The van der Waals surface area contributed by atoms with E-state index in [1.54, 1.807) is 6.07 Å². The summed E-state index contributed by atoms with van der Waals surface area (Å²) >= 11 is 3.25. The Bertz CT molecular complexity index is 435. The van der Waals surface area contributed by atoms with Crippen molar-refractivity contribution >= 4 is 15.9 Å². The van der Waals surface area contributed by atoms with Crippen molar-refractivity contribution in [2.45, 2.75) is 45.1 Å². The maximum Gasteiger partial charge on any atom is 0.127 e. The summed E-state index contributed by atoms with van der Waals surface area (Å²) in [7, 11) is 0. The number of benzene rings is 1. The quantitative estimate of drug-likeness (QED) is 0.862. The highest BCUT2D eigenvalue weighted by Crippen LogP contribution is 2.39. The van der Waals surface area contributed by atoms with Crippen molar-refractivity contribution in [2.24, 2.45) is 11.8 Å². The van der Waals surface area contributed by atoms with Gasteiger partial charge in [0.1, 0.15) is 5.82 Å². The molecule has 0 aliphatic heterocycles. The SMILES string of the molecule is CC1CCC(C)C(O)(Cc2ccc(Br)cc2F)C1. The Morgan fingerprint density at radius 1 is 1.39 bits per heavy atom. The normalized spacial score (nSPS) is 32.5. The first kappa shape index (κ1) is 14.0. The van der Waals surface area contributed by atoms with Crippen LogP contribution in [0.1, 0.15) is 38.7 Å². The number of hydrogen-bond acceptors (Lipinski definition) is 1. The molecule has 3 atom stereocenters. The maximum atomic E-state index is 13.9. The second-order valence-electron chi connectivity index (χ2n) is 5.80. The molecule has 1 nitrogen and oxygen atoms in total. The molecule has 1 saturated carbocycles. The van der Waals surface area contributed by atoms with Crippen LogP contribution in [0.5, 0.6) is 0 Å². The predicted molar refractivity (Wildman–Crippen MR) is 74.9 cm³/mol. The van der Waals surface area contributed by atoms with Gasteiger partial charge in [0, 0.05) is 10.9 Å². The standard InChI is InChI=1S/C15H20BrFO/c1-10-3-4-11(2)15(18,8-10)9-12-5-6-13(16)7-14(12)17/h5-7,10-11,18H,3-4,8-9H2,1-2H3. The highest BCUT2D eigenvalue weighted by atomic mass is 79.9. The lowest BCUT2D eigenvalue weighted by molar-refractivity contribution is -0.0565. The van der Waals surface area contributed by atoms with E-state index in [0.29, 0.717) is 17.9 Å². The Morgan fingerprint density at radius 2 is 2.11 bits per heavy atom. The fourth-order valence-electron chi connectivity index (χ4n) is 2.95. The Morgan fingerprint density at radius 3 is 2.78 bits per heavy atom. The van der Waals surface area contributed by atoms with Gasteiger partial charge in [-0.05, 0) is 42.4 Å². The van der Waals surface area contributed by atoms with E-state index in [4.69, 9.17) is 0 Å². The molecule has 3 unspecified atom stereocenters. The summed E-state index contributed by atoms with van der Waals surface area (Å²) < 4.78 is 14.6. The van der Waals surface area contributed by atoms with E-state index in [1.165, 1.54) is 6.07 Å². The van der Waals surface area contributed by atoms with Crippen LogP contribution >= 0.6 is 15.9 Å². The van der Waals surface area contributed by atoms with Crippen LogP contribution in [-0.2, 0) is 6.42 Å². The lowest BCUT2D eigenvalue weighted by Crippen LogP contribution is -2.43. The van der Waals surface area contributed by atoms with Gasteiger partial charge in [0.15, 0.2) is 0 Å². The first-order valence-electron chi connectivity index (χ1n) is 6.57. The summed E-state index contributed by atoms with van der Waals surface area (Å²) in [4.78, 5) is 0. The van der Waals surface area contributed by atoms with E-state index in [2.05, 4.69) is 29.8 Å². The lowest BCUT2D eigenvalue weighted by atomic mass is 9.69. The van der Waals surface area contributed by atoms with E-state index in [-0.39, 0.29) is 11.7 Å². The molecule has 18 heavy (non-hydrogen) atoms. The molecule has 2 rings (SSSR count). The molecule has 0 radical (unpaired) electrons. The summed E-state index contributed by atoms with van der Waals surface area (Å²) in [6.45, 7) is 4.23. The molecule has 0 bridgehead atoms. The molecule has 3 heteroatoms. The van der Waals surface area contributed by atoms with Crippen LogP contribution in [0.15, 0.2) is 22.7 Å². The van der Waals surface area contributed by atoms with Gasteiger partial charge in [-0.3, -0.25) is 0 Å². The zero-order chi connectivity index (χ0) is 13.3. The summed E-state index contributed by atoms with van der Waals surface area (Å²) in [5.41, 5.74) is -0.145. The Balaban J connectivity index is 2.20. The summed E-state index contributed by atoms with van der Waals surface area (Å²) in [5.74, 6) is 0.518. The topological polar surface area (TPSA) is 20.2 Å². The summed E-state index contributed by atoms with van der Waals surface area (Å²) in [6.07, 6.45) is 3.36. The second-order valence-corrected chi connectivity index (χ2v) is 6.72. The van der Waals surface area contributed by atoms with Crippen molar-refractivity contribution in [3.63, 3.8) is 0 Å². The van der Waals surface area contributed by atoms with Gasteiger partial charge in [-0.15, -0.1) is 0 Å². The molecular formula is C15H20BrFO. The van der Waals surface area contributed by atoms with E-state index in [0.717, 1.165) is 23.7 Å². The second kappa shape index (κ2) is 5.30. The fourth-order valence-corrected chi connectivity index (χ4v) is 3.28. The third-order valence-electron chi connectivity index (χ3n) is 4.22. The lowest BCUT2D eigenvalue weighted by Gasteiger charge is -2.41. The average Bonchev–Trinajstić information content (AvgIpc) is 2.28. The first-order chi connectivity index (χ1) is 8.40. The van der Waals surface area contributed by atoms with Gasteiger partial charge in [0.05, 0.1) is 5.60 Å². The molecule has 0 saturated heterocycles. The molecule has 0 aromatic heterocycles. The zero-order valence-electron chi connectivity index (χ0n) is 10.9. The molecular weight excluding hydrogens is 295 g/mol. The molecule has 0 spiro atoms. The van der Waals surface area contributed by atoms with Crippen LogP contribution in [0.4, 0.5) is 4.39 Å². The Kier molecular flexibility index (Phi) is 4.12. The van der Waals surface area contributed by atoms with E-state index in [1.807, 2.05) is 6.07 Å². The van der Waals surface area contributed by atoms with Crippen LogP contribution in [0.3, 0.4) is 0 Å². The zero-order valence-corrected chi connectivity index (χ0v) is 12.5. The van der Waals surface area contributed by atoms with Crippen LogP contribution < -0.4 is 0 Å². The predicted octanol–water partition coefficient (Wildman–Crippen LogP) is 4.32. The molecule has 1 aromatic carbocycles. The minimum Gasteiger partial charge on any atom is -0.389 e. The smallest absolute Gasteiger partial charge is 0.127 e. The van der Waals surface area contributed by atoms with Crippen LogP contribution in [0.2, 0.25) is 0 Å². The first-order valence-corrected chi connectivity index (χ1v) is 7.36. The monoisotopic (exact) mass is 314 g/mol. The molecule has 1 fully saturated rings. The van der Waals surface area contributed by atoms with E-state index in [9.17, 15) is 9.50 Å². The Hall–Kier alpha value is -0.410. The van der Waals surface area contributed by atoms with Crippen LogP contribution in [-0.4, -0.2) is 10.7 Å². The third-order valence-corrected chi connectivity index (χ3v) is 4.72. The molecule has 1 N–H and O–H groups in total. The largest absolute Gasteiger partial charge is 0.389 e. The minimum absolute atomic E-state index is 0.233. The van der Waals surface area contributed by atoms with Gasteiger partial charge in [0.25, 0.3) is 0 Å². The van der Waals surface area contributed by atoms with Crippen molar-refractivity contribution in [2.75, 3.05) is 0 Å². The molecule has 0 heterocycles.